The van der Waals surface area contributed by atoms with Crippen LogP contribution in [-0.2, 0) is 21.9 Å². The first-order valence-electron chi connectivity index (χ1n) is 9.88. The zero-order valence-electron chi connectivity index (χ0n) is 17.3. The van der Waals surface area contributed by atoms with Crippen LogP contribution in [0.1, 0.15) is 22.4 Å². The average molecular weight is 465 g/mol. The summed E-state index contributed by atoms with van der Waals surface area (Å²) < 4.78 is 25.9. The van der Waals surface area contributed by atoms with Crippen LogP contribution in [0, 0.1) is 0 Å². The summed E-state index contributed by atoms with van der Waals surface area (Å²) in [6.07, 6.45) is 8.68. The lowest BCUT2D eigenvalue weighted by molar-refractivity contribution is 0.597. The van der Waals surface area contributed by atoms with Gasteiger partial charge in [0.2, 0.25) is 10.0 Å². The summed E-state index contributed by atoms with van der Waals surface area (Å²) in [7, 11) is -3.45. The summed E-state index contributed by atoms with van der Waals surface area (Å²) in [4.78, 5) is 13.3. The van der Waals surface area contributed by atoms with Crippen molar-refractivity contribution in [3.05, 3.63) is 119 Å². The largest absolute Gasteiger partial charge is 0.268 e. The van der Waals surface area contributed by atoms with Crippen LogP contribution < -0.4 is 4.72 Å². The highest BCUT2D eigenvalue weighted by atomic mass is 35.5. The van der Waals surface area contributed by atoms with Crippen molar-refractivity contribution in [3.63, 3.8) is 0 Å². The molecule has 32 heavy (non-hydrogen) atoms. The number of nitrogens with zero attached hydrogens (tertiary/aromatic N) is 3. The highest BCUT2D eigenvalue weighted by Crippen LogP contribution is 2.41. The second-order valence-electron chi connectivity index (χ2n) is 7.46. The van der Waals surface area contributed by atoms with Crippen LogP contribution in [0.3, 0.4) is 0 Å². The maximum Gasteiger partial charge on any atom is 0.230 e. The average Bonchev–Trinajstić information content (AvgIpc) is 2.78. The zero-order valence-corrected chi connectivity index (χ0v) is 18.9. The minimum Gasteiger partial charge on any atom is -0.268 e. The number of anilines is 1. The first kappa shape index (κ1) is 21.9. The Bertz CT molecular complexity index is 1260. The van der Waals surface area contributed by atoms with Crippen molar-refractivity contribution in [2.75, 3.05) is 11.0 Å². The molecule has 3 heterocycles. The molecule has 0 atom stereocenters. The van der Waals surface area contributed by atoms with Gasteiger partial charge in [-0.25, -0.2) is 13.4 Å². The molecule has 3 aromatic heterocycles. The van der Waals surface area contributed by atoms with E-state index in [9.17, 15) is 8.42 Å². The molecule has 4 rings (SSSR count). The molecule has 0 aliphatic carbocycles. The summed E-state index contributed by atoms with van der Waals surface area (Å²) in [5.74, 6) is 0.271. The monoisotopic (exact) mass is 464 g/mol. The maximum atomic E-state index is 11.7. The number of benzene rings is 1. The predicted octanol–water partition coefficient (Wildman–Crippen LogP) is 4.47. The third-order valence-electron chi connectivity index (χ3n) is 5.19. The smallest absolute Gasteiger partial charge is 0.230 e. The highest BCUT2D eigenvalue weighted by molar-refractivity contribution is 7.92. The van der Waals surface area contributed by atoms with Gasteiger partial charge in [-0.05, 0) is 53.1 Å². The fourth-order valence-electron chi connectivity index (χ4n) is 3.87. The van der Waals surface area contributed by atoms with Gasteiger partial charge in [-0.1, -0.05) is 41.9 Å². The molecule has 0 spiro atoms. The van der Waals surface area contributed by atoms with Crippen LogP contribution in [0.4, 0.5) is 5.82 Å². The molecule has 0 radical (unpaired) electrons. The third-order valence-corrected chi connectivity index (χ3v) is 6.02. The Kier molecular flexibility index (Phi) is 6.21. The molecule has 8 heteroatoms. The molecule has 6 nitrogen and oxygen atoms in total. The van der Waals surface area contributed by atoms with E-state index in [0.717, 1.165) is 22.9 Å². The summed E-state index contributed by atoms with van der Waals surface area (Å²) in [6, 6.07) is 20.8. The number of hydrogen-bond donors (Lipinski definition) is 1. The van der Waals surface area contributed by atoms with Gasteiger partial charge in [0.25, 0.3) is 0 Å². The third kappa shape index (κ3) is 4.79. The Morgan fingerprint density at radius 1 is 0.844 bits per heavy atom. The quantitative estimate of drug-likeness (QED) is 0.436. The zero-order chi connectivity index (χ0) is 22.6. The van der Waals surface area contributed by atoms with Gasteiger partial charge in [0, 0.05) is 41.9 Å². The van der Waals surface area contributed by atoms with E-state index in [1.807, 2.05) is 67.0 Å². The fourth-order valence-corrected chi connectivity index (χ4v) is 4.49. The van der Waals surface area contributed by atoms with Gasteiger partial charge in [-0.15, -0.1) is 0 Å². The van der Waals surface area contributed by atoms with E-state index in [-0.39, 0.29) is 5.82 Å². The van der Waals surface area contributed by atoms with Crippen LogP contribution in [0.15, 0.2) is 91.5 Å². The summed E-state index contributed by atoms with van der Waals surface area (Å²) in [5.41, 5.74) is 2.94. The Morgan fingerprint density at radius 3 is 2.00 bits per heavy atom. The first-order chi connectivity index (χ1) is 15.4. The fraction of sp³-hybridized carbons (Fsp3) is 0.125. The van der Waals surface area contributed by atoms with E-state index in [2.05, 4.69) is 19.7 Å². The highest BCUT2D eigenvalue weighted by Gasteiger charge is 2.37. The lowest BCUT2D eigenvalue weighted by Crippen LogP contribution is -2.33. The van der Waals surface area contributed by atoms with Gasteiger partial charge in [0.15, 0.2) is 0 Å². The minimum absolute atomic E-state index is 0.271. The summed E-state index contributed by atoms with van der Waals surface area (Å²) in [6.45, 7) is 0. The Hall–Kier alpha value is -3.29. The van der Waals surface area contributed by atoms with Gasteiger partial charge in [0.1, 0.15) is 5.82 Å². The molecule has 0 bridgehead atoms. The van der Waals surface area contributed by atoms with E-state index in [0.29, 0.717) is 17.1 Å². The first-order valence-corrected chi connectivity index (χ1v) is 12.1. The van der Waals surface area contributed by atoms with Gasteiger partial charge in [-0.3, -0.25) is 14.7 Å². The molecular formula is C24H21ClN4O2S. The molecule has 0 unspecified atom stereocenters. The standard InChI is InChI=1S/C24H21ClN4O2S/c1-32(30,31)29-23-8-2-7-22(28-23)15-24(19-5-3-13-26-16-19,20-6-4-14-27-17-20)18-9-11-21(25)12-10-18/h2-14,16-17H,15H2,1H3,(H,28,29). The van der Waals surface area contributed by atoms with E-state index in [1.165, 1.54) is 0 Å². The molecule has 1 aromatic carbocycles. The lowest BCUT2D eigenvalue weighted by Gasteiger charge is -2.35. The van der Waals surface area contributed by atoms with E-state index >= 15 is 0 Å². The number of pyridine rings is 3. The van der Waals surface area contributed by atoms with Crippen molar-refractivity contribution >= 4 is 27.4 Å². The van der Waals surface area contributed by atoms with Crippen molar-refractivity contribution in [1.82, 2.24) is 15.0 Å². The summed E-state index contributed by atoms with van der Waals surface area (Å²) in [5, 5.41) is 0.637. The molecule has 0 amide bonds. The van der Waals surface area contributed by atoms with E-state index in [4.69, 9.17) is 11.6 Å². The van der Waals surface area contributed by atoms with Gasteiger partial charge < -0.3 is 0 Å². The SMILES string of the molecule is CS(=O)(=O)Nc1cccc(CC(c2ccc(Cl)cc2)(c2cccnc2)c2cccnc2)n1. The molecule has 0 saturated heterocycles. The number of nitrogens with one attached hydrogen (secondary N) is 1. The number of sulfonamides is 1. The van der Waals surface area contributed by atoms with Crippen LogP contribution in [0.25, 0.3) is 0 Å². The van der Waals surface area contributed by atoms with Crippen LogP contribution in [0.2, 0.25) is 5.02 Å². The van der Waals surface area contributed by atoms with Crippen LogP contribution >= 0.6 is 11.6 Å². The molecule has 162 valence electrons. The molecule has 0 saturated carbocycles. The van der Waals surface area contributed by atoms with Crippen molar-refractivity contribution in [2.45, 2.75) is 11.8 Å². The second-order valence-corrected chi connectivity index (χ2v) is 9.65. The Balaban J connectivity index is 1.93. The summed E-state index contributed by atoms with van der Waals surface area (Å²) >= 11 is 6.19. The van der Waals surface area contributed by atoms with Crippen molar-refractivity contribution in [2.24, 2.45) is 0 Å². The minimum atomic E-state index is -3.45. The van der Waals surface area contributed by atoms with E-state index in [1.54, 1.807) is 24.5 Å². The van der Waals surface area contributed by atoms with Gasteiger partial charge in [-0.2, -0.15) is 0 Å². The molecular weight excluding hydrogens is 444 g/mol. The molecule has 0 fully saturated rings. The van der Waals surface area contributed by atoms with Crippen molar-refractivity contribution < 1.29 is 8.42 Å². The molecule has 0 aliphatic heterocycles. The number of aromatic nitrogens is 3. The van der Waals surface area contributed by atoms with Gasteiger partial charge >= 0.3 is 0 Å². The Morgan fingerprint density at radius 2 is 1.47 bits per heavy atom. The van der Waals surface area contributed by atoms with Crippen LogP contribution in [0.5, 0.6) is 0 Å². The normalized spacial score (nSPS) is 11.8. The van der Waals surface area contributed by atoms with Crippen LogP contribution in [-0.4, -0.2) is 29.6 Å². The number of rotatable bonds is 7. The maximum absolute atomic E-state index is 11.7. The topological polar surface area (TPSA) is 84.8 Å². The molecule has 0 aliphatic rings. The Labute approximate surface area is 192 Å². The van der Waals surface area contributed by atoms with Crippen molar-refractivity contribution in [3.8, 4) is 0 Å². The number of hydrogen-bond acceptors (Lipinski definition) is 5. The molecule has 4 aromatic rings. The number of halogens is 1. The van der Waals surface area contributed by atoms with E-state index < -0.39 is 15.4 Å². The van der Waals surface area contributed by atoms with Crippen molar-refractivity contribution in [1.29, 1.82) is 0 Å². The lowest BCUT2D eigenvalue weighted by atomic mass is 9.67. The van der Waals surface area contributed by atoms with Gasteiger partial charge in [0.05, 0.1) is 11.7 Å². The molecule has 1 N–H and O–H groups in total. The predicted molar refractivity (Wildman–Crippen MR) is 126 cm³/mol. The second kappa shape index (κ2) is 9.06.